The Bertz CT molecular complexity index is 1750. The molecule has 0 nitrogen and oxygen atoms in total. The van der Waals surface area contributed by atoms with Gasteiger partial charge in [-0.05, 0) is 139 Å². The molecule has 10 rings (SSSR count). The minimum Gasteiger partial charge on any atom is -0.358 e. The molecule has 334 valence electrons. The fourth-order valence-electron chi connectivity index (χ4n) is 7.54. The van der Waals surface area contributed by atoms with Crippen LogP contribution in [0.4, 0.5) is 0 Å². The standard InChI is InChI=1S/2C20H14.6C2H6.4CH3.10Y/c2*1-3-7-17-13(5-1)9-15-11-20-16(12-19(15)17)10-14-6-2-4-8-18(14)20;6*1-2;;;;;;;;;;;;;;/h2*1-8,11-12H,9-10H2;6*1-2H3;4*1H3;;;;;;;;;;/q;;;;;;;;4*-1;;;;;;;;;;. The smallest absolute Gasteiger partial charge is 0 e. The van der Waals surface area contributed by atoms with Crippen molar-refractivity contribution in [2.45, 2.75) is 109 Å². The van der Waals surface area contributed by atoms with E-state index >= 15 is 0 Å². The average molecular weight is 1640 g/mol. The van der Waals surface area contributed by atoms with Gasteiger partial charge in [0.2, 0.25) is 0 Å². The van der Waals surface area contributed by atoms with Crippen LogP contribution in [0.1, 0.15) is 128 Å². The van der Waals surface area contributed by atoms with E-state index in [1.54, 1.807) is 0 Å². The van der Waals surface area contributed by atoms with Crippen LogP contribution in [0, 0.1) is 29.7 Å². The summed E-state index contributed by atoms with van der Waals surface area (Å²) in [6, 6.07) is 45.0. The van der Waals surface area contributed by atoms with E-state index < -0.39 is 0 Å². The van der Waals surface area contributed by atoms with Gasteiger partial charge in [0, 0.05) is 327 Å². The zero-order valence-corrected chi connectivity index (χ0v) is 72.5. The van der Waals surface area contributed by atoms with Crippen molar-refractivity contribution in [1.82, 2.24) is 0 Å². The van der Waals surface area contributed by atoms with Crippen LogP contribution in [0.3, 0.4) is 0 Å². The monoisotopic (exact) mass is 1640 g/mol. The molecule has 0 fully saturated rings. The summed E-state index contributed by atoms with van der Waals surface area (Å²) in [5.41, 5.74) is 23.4. The van der Waals surface area contributed by atoms with E-state index in [-0.39, 0.29) is 357 Å². The molecule has 0 amide bonds. The molecular weight excluding hydrogens is 1560 g/mol. The Kier molecular flexibility index (Phi) is 88.2. The van der Waals surface area contributed by atoms with Crippen LogP contribution in [0.15, 0.2) is 121 Å². The van der Waals surface area contributed by atoms with Gasteiger partial charge in [-0.2, -0.15) is 0 Å². The van der Waals surface area contributed by atoms with Crippen molar-refractivity contribution in [3.05, 3.63) is 196 Å². The maximum atomic E-state index is 2.43. The van der Waals surface area contributed by atoms with Gasteiger partial charge < -0.3 is 29.7 Å². The van der Waals surface area contributed by atoms with Crippen LogP contribution < -0.4 is 0 Å². The first-order chi connectivity index (χ1) is 25.8. The Labute approximate surface area is 661 Å². The van der Waals surface area contributed by atoms with Crippen molar-refractivity contribution in [2.24, 2.45) is 0 Å². The SMILES string of the molecule is CC.CC.CC.CC.CC.CC.[CH3-].[CH3-].[CH3-].[CH3-].[Y].[Y].[Y].[Y].[Y].[Y].[Y].[Y].[Y].[Y].c1ccc2c(c1)Cc1cc3c(cc1-2)Cc1ccccc1-3.c1ccc2c(c1)Cc1cc3c(cc1-2)Cc1ccccc1-3. The van der Waals surface area contributed by atoms with Crippen LogP contribution in [0.2, 0.25) is 0 Å². The van der Waals surface area contributed by atoms with E-state index in [1.165, 1.54) is 89.0 Å². The fraction of sp³-hybridized carbons (Fsp3) is 0.286. The van der Waals surface area contributed by atoms with Gasteiger partial charge >= 0.3 is 0 Å². The summed E-state index contributed by atoms with van der Waals surface area (Å²) >= 11 is 0. The topological polar surface area (TPSA) is 0 Å². The van der Waals surface area contributed by atoms with Gasteiger partial charge in [-0.3, -0.25) is 0 Å². The molecule has 0 N–H and O–H groups in total. The van der Waals surface area contributed by atoms with Crippen LogP contribution in [0.5, 0.6) is 0 Å². The second-order valence-corrected chi connectivity index (χ2v) is 11.7. The number of rotatable bonds is 0. The van der Waals surface area contributed by atoms with Crippen molar-refractivity contribution in [2.75, 3.05) is 0 Å². The van der Waals surface area contributed by atoms with Crippen LogP contribution in [-0.4, -0.2) is 0 Å². The third-order valence-corrected chi connectivity index (χ3v) is 9.41. The average Bonchev–Trinajstić information content (AvgIpc) is 4.00. The molecule has 6 aromatic carbocycles. The molecular formula is C56H76Y10-4. The molecule has 0 aromatic heterocycles. The van der Waals surface area contributed by atoms with Gasteiger partial charge in [0.05, 0.1) is 0 Å². The van der Waals surface area contributed by atoms with E-state index in [4.69, 9.17) is 0 Å². The maximum Gasteiger partial charge on any atom is 0 e. The largest absolute Gasteiger partial charge is 0.358 e. The molecule has 0 saturated heterocycles. The Morgan fingerprint density at radius 2 is 0.333 bits per heavy atom. The molecule has 10 heteroatoms. The molecule has 66 heavy (non-hydrogen) atoms. The Balaban J connectivity index is -0.0000000614. The van der Waals surface area contributed by atoms with Crippen LogP contribution in [-0.2, 0) is 353 Å². The second kappa shape index (κ2) is 57.5. The number of benzene rings is 6. The van der Waals surface area contributed by atoms with Gasteiger partial charge in [-0.15, -0.1) is 0 Å². The van der Waals surface area contributed by atoms with Crippen molar-refractivity contribution >= 4 is 0 Å². The number of hydrogen-bond donors (Lipinski definition) is 0. The summed E-state index contributed by atoms with van der Waals surface area (Å²) in [7, 11) is 0. The molecule has 0 atom stereocenters. The summed E-state index contributed by atoms with van der Waals surface area (Å²) in [4.78, 5) is 0. The minimum absolute atomic E-state index is 0. The molecule has 0 heterocycles. The molecule has 4 aliphatic rings. The van der Waals surface area contributed by atoms with Gasteiger partial charge in [0.1, 0.15) is 0 Å². The van der Waals surface area contributed by atoms with E-state index in [2.05, 4.69) is 121 Å². The maximum absolute atomic E-state index is 2.43. The van der Waals surface area contributed by atoms with Crippen molar-refractivity contribution < 1.29 is 327 Å². The zero-order valence-electron chi connectivity index (χ0n) is 44.1. The normalized spacial score (nSPS) is 8.79. The first-order valence-electron chi connectivity index (χ1n) is 20.4. The van der Waals surface area contributed by atoms with Gasteiger partial charge in [-0.25, -0.2) is 0 Å². The number of hydrogen-bond acceptors (Lipinski definition) is 0. The predicted molar refractivity (Wildman–Crippen MR) is 260 cm³/mol. The summed E-state index contributed by atoms with van der Waals surface area (Å²) in [5, 5.41) is 0. The molecule has 4 aliphatic carbocycles. The first-order valence-corrected chi connectivity index (χ1v) is 20.4. The Hall–Kier alpha value is 6.36. The zero-order chi connectivity index (χ0) is 38.2. The van der Waals surface area contributed by atoms with Gasteiger partial charge in [0.15, 0.2) is 0 Å². The first kappa shape index (κ1) is 101. The quantitative estimate of drug-likeness (QED) is 0.133. The Morgan fingerprint density at radius 1 is 0.197 bits per heavy atom. The second-order valence-electron chi connectivity index (χ2n) is 11.7. The third kappa shape index (κ3) is 25.9. The third-order valence-electron chi connectivity index (χ3n) is 9.41. The molecule has 0 aliphatic heterocycles. The molecule has 0 spiro atoms. The summed E-state index contributed by atoms with van der Waals surface area (Å²) < 4.78 is 0. The minimum atomic E-state index is 0. The van der Waals surface area contributed by atoms with E-state index in [9.17, 15) is 0 Å². The van der Waals surface area contributed by atoms with Crippen LogP contribution >= 0.6 is 0 Å². The van der Waals surface area contributed by atoms with Gasteiger partial charge in [-0.1, -0.05) is 180 Å². The van der Waals surface area contributed by atoms with Crippen LogP contribution in [0.25, 0.3) is 44.5 Å². The summed E-state index contributed by atoms with van der Waals surface area (Å²) in [6.07, 6.45) is 4.34. The summed E-state index contributed by atoms with van der Waals surface area (Å²) in [5.74, 6) is 0. The van der Waals surface area contributed by atoms with E-state index in [1.807, 2.05) is 83.1 Å². The van der Waals surface area contributed by atoms with Gasteiger partial charge in [0.25, 0.3) is 0 Å². The fourth-order valence-corrected chi connectivity index (χ4v) is 7.54. The molecule has 0 saturated carbocycles. The molecule has 6 aromatic rings. The molecule has 10 radical (unpaired) electrons. The predicted octanol–water partition coefficient (Wildman–Crippen LogP) is 17.6. The van der Waals surface area contributed by atoms with Crippen molar-refractivity contribution in [3.63, 3.8) is 0 Å². The van der Waals surface area contributed by atoms with Crippen molar-refractivity contribution in [1.29, 1.82) is 0 Å². The Morgan fingerprint density at radius 3 is 0.485 bits per heavy atom. The number of fused-ring (bicyclic) bond motifs is 12. The molecule has 0 unspecified atom stereocenters. The van der Waals surface area contributed by atoms with Crippen molar-refractivity contribution in [3.8, 4) is 44.5 Å². The van der Waals surface area contributed by atoms with E-state index in [0.717, 1.165) is 25.7 Å². The van der Waals surface area contributed by atoms with E-state index in [0.29, 0.717) is 0 Å². The molecule has 0 bridgehead atoms. The summed E-state index contributed by atoms with van der Waals surface area (Å²) in [6.45, 7) is 24.0.